The molecule has 0 radical (unpaired) electrons. The van der Waals surface area contributed by atoms with Gasteiger partial charge in [0.15, 0.2) is 0 Å². The number of para-hydroxylation sites is 1. The molecular formula is C21H22FN3. The van der Waals surface area contributed by atoms with Gasteiger partial charge in [0.05, 0.1) is 5.52 Å². The topological polar surface area (TPSA) is 28.2 Å². The van der Waals surface area contributed by atoms with E-state index in [4.69, 9.17) is 4.98 Å². The van der Waals surface area contributed by atoms with Crippen LogP contribution in [0, 0.1) is 5.82 Å². The summed E-state index contributed by atoms with van der Waals surface area (Å²) in [6, 6.07) is 17.0. The second kappa shape index (κ2) is 7.09. The van der Waals surface area contributed by atoms with Gasteiger partial charge >= 0.3 is 0 Å². The van der Waals surface area contributed by atoms with Gasteiger partial charge in [-0.1, -0.05) is 30.3 Å². The van der Waals surface area contributed by atoms with E-state index in [1.165, 1.54) is 31.4 Å². The van der Waals surface area contributed by atoms with Crippen LogP contribution >= 0.6 is 0 Å². The Hall–Kier alpha value is -2.62. The van der Waals surface area contributed by atoms with Crippen molar-refractivity contribution in [2.75, 3.05) is 23.3 Å². The lowest BCUT2D eigenvalue weighted by Gasteiger charge is -2.28. The maximum atomic E-state index is 13.1. The highest BCUT2D eigenvalue weighted by Crippen LogP contribution is 2.29. The minimum absolute atomic E-state index is 0.203. The third-order valence-electron chi connectivity index (χ3n) is 4.78. The summed E-state index contributed by atoms with van der Waals surface area (Å²) >= 11 is 0. The summed E-state index contributed by atoms with van der Waals surface area (Å²) in [4.78, 5) is 7.24. The lowest BCUT2D eigenvalue weighted by Crippen LogP contribution is -2.30. The quantitative estimate of drug-likeness (QED) is 0.729. The highest BCUT2D eigenvalue weighted by Gasteiger charge is 2.14. The Morgan fingerprint density at radius 3 is 2.52 bits per heavy atom. The Morgan fingerprint density at radius 1 is 0.960 bits per heavy atom. The molecule has 1 aliphatic heterocycles. The van der Waals surface area contributed by atoms with Crippen molar-refractivity contribution in [1.29, 1.82) is 0 Å². The van der Waals surface area contributed by atoms with Gasteiger partial charge in [-0.2, -0.15) is 0 Å². The monoisotopic (exact) mass is 335 g/mol. The molecular weight excluding hydrogens is 313 g/mol. The van der Waals surface area contributed by atoms with E-state index in [-0.39, 0.29) is 5.82 Å². The average Bonchev–Trinajstić information content (AvgIpc) is 2.68. The third kappa shape index (κ3) is 3.58. The number of hydrogen-bond acceptors (Lipinski definition) is 3. The van der Waals surface area contributed by atoms with Crippen molar-refractivity contribution in [3.05, 3.63) is 66.0 Å². The van der Waals surface area contributed by atoms with Crippen LogP contribution in [0.25, 0.3) is 10.9 Å². The van der Waals surface area contributed by atoms with E-state index in [0.29, 0.717) is 6.54 Å². The standard InChI is InChI=1S/C21H22FN3/c22-17-10-8-16(9-11-17)15-23-20-14-21(25-12-4-1-5-13-25)24-19-7-3-2-6-18(19)20/h2-3,6-11,14H,1,4-5,12-13,15H2,(H,23,24). The highest BCUT2D eigenvalue weighted by molar-refractivity contribution is 5.93. The number of nitrogens with one attached hydrogen (secondary N) is 1. The molecule has 0 saturated carbocycles. The van der Waals surface area contributed by atoms with Crippen molar-refractivity contribution < 1.29 is 4.39 Å². The molecule has 25 heavy (non-hydrogen) atoms. The van der Waals surface area contributed by atoms with E-state index < -0.39 is 0 Å². The molecule has 0 amide bonds. The van der Waals surface area contributed by atoms with E-state index in [1.807, 2.05) is 24.3 Å². The van der Waals surface area contributed by atoms with Crippen LogP contribution < -0.4 is 10.2 Å². The van der Waals surface area contributed by atoms with Crippen molar-refractivity contribution in [2.24, 2.45) is 0 Å². The van der Waals surface area contributed by atoms with Crippen molar-refractivity contribution in [3.8, 4) is 0 Å². The number of aromatic nitrogens is 1. The van der Waals surface area contributed by atoms with Crippen molar-refractivity contribution in [3.63, 3.8) is 0 Å². The van der Waals surface area contributed by atoms with Gasteiger partial charge in [0.1, 0.15) is 11.6 Å². The Labute approximate surface area is 147 Å². The summed E-state index contributed by atoms with van der Waals surface area (Å²) in [5.41, 5.74) is 3.14. The van der Waals surface area contributed by atoms with Gasteiger partial charge in [0.25, 0.3) is 0 Å². The maximum Gasteiger partial charge on any atom is 0.131 e. The minimum atomic E-state index is -0.203. The smallest absolute Gasteiger partial charge is 0.131 e. The first-order valence-electron chi connectivity index (χ1n) is 8.93. The zero-order valence-corrected chi connectivity index (χ0v) is 14.2. The number of hydrogen-bond donors (Lipinski definition) is 1. The molecule has 1 N–H and O–H groups in total. The largest absolute Gasteiger partial charge is 0.380 e. The predicted octanol–water partition coefficient (Wildman–Crippen LogP) is 4.98. The number of halogens is 1. The number of anilines is 2. The summed E-state index contributed by atoms with van der Waals surface area (Å²) < 4.78 is 13.1. The summed E-state index contributed by atoms with van der Waals surface area (Å²) in [5, 5.41) is 4.63. The molecule has 1 saturated heterocycles. The van der Waals surface area contributed by atoms with Crippen LogP contribution in [0.3, 0.4) is 0 Å². The lowest BCUT2D eigenvalue weighted by molar-refractivity contribution is 0.574. The van der Waals surface area contributed by atoms with Gasteiger partial charge in [-0.05, 0) is 43.0 Å². The fraction of sp³-hybridized carbons (Fsp3) is 0.286. The second-order valence-electron chi connectivity index (χ2n) is 6.57. The first-order valence-corrected chi connectivity index (χ1v) is 8.93. The van der Waals surface area contributed by atoms with Gasteiger partial charge in [0.2, 0.25) is 0 Å². The van der Waals surface area contributed by atoms with E-state index in [0.717, 1.165) is 41.1 Å². The molecule has 3 aromatic rings. The SMILES string of the molecule is Fc1ccc(CNc2cc(N3CCCCC3)nc3ccccc23)cc1. The number of benzene rings is 2. The van der Waals surface area contributed by atoms with Gasteiger partial charge in [-0.25, -0.2) is 9.37 Å². The average molecular weight is 335 g/mol. The first kappa shape index (κ1) is 15.9. The van der Waals surface area contributed by atoms with Gasteiger partial charge in [-0.3, -0.25) is 0 Å². The van der Waals surface area contributed by atoms with E-state index in [1.54, 1.807) is 0 Å². The van der Waals surface area contributed by atoms with E-state index in [9.17, 15) is 4.39 Å². The lowest BCUT2D eigenvalue weighted by atomic mass is 10.1. The highest BCUT2D eigenvalue weighted by atomic mass is 19.1. The molecule has 4 heteroatoms. The molecule has 0 unspecified atom stereocenters. The molecule has 3 nitrogen and oxygen atoms in total. The number of fused-ring (bicyclic) bond motifs is 1. The van der Waals surface area contributed by atoms with Crippen LogP contribution in [0.15, 0.2) is 54.6 Å². The molecule has 0 aliphatic carbocycles. The van der Waals surface area contributed by atoms with Crippen molar-refractivity contribution >= 4 is 22.4 Å². The zero-order valence-electron chi connectivity index (χ0n) is 14.2. The number of nitrogens with zero attached hydrogens (tertiary/aromatic N) is 2. The number of pyridine rings is 1. The summed E-state index contributed by atoms with van der Waals surface area (Å²) in [6.45, 7) is 2.80. The fourth-order valence-electron chi connectivity index (χ4n) is 3.39. The molecule has 128 valence electrons. The number of rotatable bonds is 4. The van der Waals surface area contributed by atoms with Gasteiger partial charge < -0.3 is 10.2 Å². The Bertz CT molecular complexity index is 855. The Morgan fingerprint density at radius 2 is 1.72 bits per heavy atom. The van der Waals surface area contributed by atoms with Gasteiger partial charge in [0, 0.05) is 36.8 Å². The Kier molecular flexibility index (Phi) is 4.51. The normalized spacial score (nSPS) is 14.7. The van der Waals surface area contributed by atoms with Crippen molar-refractivity contribution in [2.45, 2.75) is 25.8 Å². The molecule has 2 heterocycles. The fourth-order valence-corrected chi connectivity index (χ4v) is 3.39. The molecule has 2 aromatic carbocycles. The molecule has 4 rings (SSSR count). The van der Waals surface area contributed by atoms with Crippen LogP contribution in [0.5, 0.6) is 0 Å². The van der Waals surface area contributed by atoms with Crippen LogP contribution in [0.4, 0.5) is 15.9 Å². The van der Waals surface area contributed by atoms with Crippen LogP contribution in [0.2, 0.25) is 0 Å². The molecule has 1 fully saturated rings. The minimum Gasteiger partial charge on any atom is -0.380 e. The number of piperidine rings is 1. The molecule has 0 atom stereocenters. The molecule has 0 bridgehead atoms. The Balaban J connectivity index is 1.64. The summed E-state index contributed by atoms with van der Waals surface area (Å²) in [5.74, 6) is 0.838. The predicted molar refractivity (Wildman–Crippen MR) is 102 cm³/mol. The summed E-state index contributed by atoms with van der Waals surface area (Å²) in [7, 11) is 0. The van der Waals surface area contributed by atoms with Crippen LogP contribution in [-0.4, -0.2) is 18.1 Å². The summed E-state index contributed by atoms with van der Waals surface area (Å²) in [6.07, 6.45) is 3.76. The van der Waals surface area contributed by atoms with E-state index >= 15 is 0 Å². The van der Waals surface area contributed by atoms with Crippen LogP contribution in [0.1, 0.15) is 24.8 Å². The van der Waals surface area contributed by atoms with Gasteiger partial charge in [-0.15, -0.1) is 0 Å². The first-order chi connectivity index (χ1) is 12.3. The molecule has 0 spiro atoms. The van der Waals surface area contributed by atoms with Crippen LogP contribution in [-0.2, 0) is 6.54 Å². The molecule has 1 aliphatic rings. The maximum absolute atomic E-state index is 13.1. The molecule has 1 aromatic heterocycles. The zero-order chi connectivity index (χ0) is 17.1. The third-order valence-corrected chi connectivity index (χ3v) is 4.78. The van der Waals surface area contributed by atoms with Crippen molar-refractivity contribution in [1.82, 2.24) is 4.98 Å². The second-order valence-corrected chi connectivity index (χ2v) is 6.57. The van der Waals surface area contributed by atoms with E-state index in [2.05, 4.69) is 28.4 Å².